The molecule has 0 radical (unpaired) electrons. The van der Waals surface area contributed by atoms with E-state index in [1.54, 1.807) is 5.38 Å². The molecule has 0 aromatic carbocycles. The third-order valence-electron chi connectivity index (χ3n) is 2.58. The topological polar surface area (TPSA) is 53.4 Å². The zero-order valence-corrected chi connectivity index (χ0v) is 9.29. The summed E-state index contributed by atoms with van der Waals surface area (Å²) >= 11 is 1.44. The number of thiazole rings is 1. The maximum Gasteiger partial charge on any atom is 0.355 e. The predicted octanol–water partition coefficient (Wildman–Crippen LogP) is 1.83. The molecule has 2 rings (SSSR count). The first-order valence-corrected chi connectivity index (χ1v) is 6.04. The summed E-state index contributed by atoms with van der Waals surface area (Å²) in [7, 11) is 0. The Labute approximate surface area is 92.6 Å². The van der Waals surface area contributed by atoms with E-state index in [0.29, 0.717) is 0 Å². The van der Waals surface area contributed by atoms with Gasteiger partial charge in [0.05, 0.1) is 6.54 Å². The second kappa shape index (κ2) is 4.72. The molecule has 1 saturated heterocycles. The largest absolute Gasteiger partial charge is 0.476 e. The van der Waals surface area contributed by atoms with Gasteiger partial charge in [-0.1, -0.05) is 6.42 Å². The smallest absolute Gasteiger partial charge is 0.355 e. The van der Waals surface area contributed by atoms with E-state index < -0.39 is 5.97 Å². The van der Waals surface area contributed by atoms with E-state index in [9.17, 15) is 4.79 Å². The van der Waals surface area contributed by atoms with E-state index in [-0.39, 0.29) is 5.69 Å². The Kier molecular flexibility index (Phi) is 3.33. The highest BCUT2D eigenvalue weighted by Gasteiger charge is 2.14. The lowest BCUT2D eigenvalue weighted by Gasteiger charge is -2.25. The van der Waals surface area contributed by atoms with Crippen molar-refractivity contribution >= 4 is 17.3 Å². The van der Waals surface area contributed by atoms with Crippen LogP contribution in [-0.4, -0.2) is 34.0 Å². The van der Waals surface area contributed by atoms with Crippen LogP contribution < -0.4 is 0 Å². The average molecular weight is 226 g/mol. The lowest BCUT2D eigenvalue weighted by atomic mass is 10.1. The van der Waals surface area contributed by atoms with Crippen molar-refractivity contribution in [3.05, 3.63) is 16.1 Å². The van der Waals surface area contributed by atoms with Gasteiger partial charge in [-0.15, -0.1) is 11.3 Å². The molecule has 1 fully saturated rings. The van der Waals surface area contributed by atoms with Gasteiger partial charge < -0.3 is 5.11 Å². The molecule has 0 amide bonds. The monoisotopic (exact) mass is 226 g/mol. The Morgan fingerprint density at radius 1 is 1.47 bits per heavy atom. The van der Waals surface area contributed by atoms with Crippen molar-refractivity contribution in [2.24, 2.45) is 0 Å². The van der Waals surface area contributed by atoms with Gasteiger partial charge in [0.2, 0.25) is 0 Å². The summed E-state index contributed by atoms with van der Waals surface area (Å²) < 4.78 is 0. The number of aromatic nitrogens is 1. The van der Waals surface area contributed by atoms with Gasteiger partial charge in [-0.05, 0) is 25.9 Å². The highest BCUT2D eigenvalue weighted by molar-refractivity contribution is 7.09. The van der Waals surface area contributed by atoms with Gasteiger partial charge in [-0.2, -0.15) is 0 Å². The Bertz CT molecular complexity index is 345. The fourth-order valence-corrected chi connectivity index (χ4v) is 2.60. The van der Waals surface area contributed by atoms with Gasteiger partial charge >= 0.3 is 5.97 Å². The van der Waals surface area contributed by atoms with Crippen LogP contribution in [0, 0.1) is 0 Å². The van der Waals surface area contributed by atoms with Crippen molar-refractivity contribution in [3.63, 3.8) is 0 Å². The number of aromatic carboxylic acids is 1. The quantitative estimate of drug-likeness (QED) is 0.854. The van der Waals surface area contributed by atoms with Crippen LogP contribution in [0.25, 0.3) is 0 Å². The lowest BCUT2D eigenvalue weighted by Crippen LogP contribution is -2.29. The van der Waals surface area contributed by atoms with E-state index in [4.69, 9.17) is 5.11 Å². The van der Waals surface area contributed by atoms with Crippen LogP contribution in [0.2, 0.25) is 0 Å². The molecular weight excluding hydrogens is 212 g/mol. The Hall–Kier alpha value is -0.940. The molecule has 82 valence electrons. The summed E-state index contributed by atoms with van der Waals surface area (Å²) in [5.41, 5.74) is 0.173. The summed E-state index contributed by atoms with van der Waals surface area (Å²) in [6, 6.07) is 0. The molecule has 0 unspecified atom stereocenters. The summed E-state index contributed by atoms with van der Waals surface area (Å²) in [6.07, 6.45) is 3.81. The molecule has 0 spiro atoms. The van der Waals surface area contributed by atoms with Gasteiger partial charge in [0, 0.05) is 5.38 Å². The number of carboxylic acid groups (broad SMARTS) is 1. The number of piperidine rings is 1. The Balaban J connectivity index is 1.94. The van der Waals surface area contributed by atoms with Crippen LogP contribution in [0.15, 0.2) is 5.38 Å². The second-order valence-corrected chi connectivity index (χ2v) is 4.71. The van der Waals surface area contributed by atoms with Crippen molar-refractivity contribution in [3.8, 4) is 0 Å². The average Bonchev–Trinajstić information content (AvgIpc) is 2.68. The molecular formula is C10H14N2O2S. The van der Waals surface area contributed by atoms with Crippen molar-refractivity contribution < 1.29 is 9.90 Å². The summed E-state index contributed by atoms with van der Waals surface area (Å²) in [5.74, 6) is -0.934. The molecule has 1 aromatic rings. The maximum absolute atomic E-state index is 10.6. The Morgan fingerprint density at radius 3 is 2.80 bits per heavy atom. The van der Waals surface area contributed by atoms with Crippen LogP contribution in [0.3, 0.4) is 0 Å². The maximum atomic E-state index is 10.6. The first-order chi connectivity index (χ1) is 7.25. The summed E-state index contributed by atoms with van der Waals surface area (Å²) in [5, 5.41) is 11.3. The first-order valence-electron chi connectivity index (χ1n) is 5.16. The van der Waals surface area contributed by atoms with Gasteiger partial charge in [0.15, 0.2) is 5.69 Å². The molecule has 0 atom stereocenters. The second-order valence-electron chi connectivity index (χ2n) is 3.77. The molecule has 1 N–H and O–H groups in total. The fraction of sp³-hybridized carbons (Fsp3) is 0.600. The molecule has 15 heavy (non-hydrogen) atoms. The number of hydrogen-bond acceptors (Lipinski definition) is 4. The minimum atomic E-state index is -0.934. The van der Waals surface area contributed by atoms with E-state index in [1.165, 1.54) is 30.6 Å². The zero-order valence-electron chi connectivity index (χ0n) is 8.48. The van der Waals surface area contributed by atoms with E-state index >= 15 is 0 Å². The van der Waals surface area contributed by atoms with Crippen molar-refractivity contribution in [1.82, 2.24) is 9.88 Å². The standard InChI is InChI=1S/C10H14N2O2S/c13-10(14)8-7-15-9(11-8)6-12-4-2-1-3-5-12/h7H,1-6H2,(H,13,14). The summed E-state index contributed by atoms with van der Waals surface area (Å²) in [4.78, 5) is 17.1. The molecule has 1 aromatic heterocycles. The molecule has 2 heterocycles. The fourth-order valence-electron chi connectivity index (χ4n) is 1.79. The van der Waals surface area contributed by atoms with Crippen molar-refractivity contribution in [1.29, 1.82) is 0 Å². The summed E-state index contributed by atoms with van der Waals surface area (Å²) in [6.45, 7) is 3.03. The van der Waals surface area contributed by atoms with E-state index in [1.807, 2.05) is 0 Å². The molecule has 5 heteroatoms. The number of nitrogens with zero attached hydrogens (tertiary/aromatic N) is 2. The van der Waals surface area contributed by atoms with E-state index in [2.05, 4.69) is 9.88 Å². The molecule has 0 saturated carbocycles. The van der Waals surface area contributed by atoms with Crippen molar-refractivity contribution in [2.75, 3.05) is 13.1 Å². The molecule has 4 nitrogen and oxygen atoms in total. The van der Waals surface area contributed by atoms with E-state index in [0.717, 1.165) is 24.6 Å². The van der Waals surface area contributed by atoms with Crippen LogP contribution in [-0.2, 0) is 6.54 Å². The number of rotatable bonds is 3. The van der Waals surface area contributed by atoms with Gasteiger partial charge in [-0.3, -0.25) is 4.90 Å². The third kappa shape index (κ3) is 2.76. The number of carbonyl (C=O) groups is 1. The number of hydrogen-bond donors (Lipinski definition) is 1. The lowest BCUT2D eigenvalue weighted by molar-refractivity contribution is 0.0691. The SMILES string of the molecule is O=C(O)c1csc(CN2CCCCC2)n1. The number of carboxylic acids is 1. The minimum absolute atomic E-state index is 0.173. The number of likely N-dealkylation sites (tertiary alicyclic amines) is 1. The van der Waals surface area contributed by atoms with Gasteiger partial charge in [0.1, 0.15) is 5.01 Å². The van der Waals surface area contributed by atoms with Crippen LogP contribution in [0.4, 0.5) is 0 Å². The highest BCUT2D eigenvalue weighted by Crippen LogP contribution is 2.16. The predicted molar refractivity (Wildman–Crippen MR) is 58.2 cm³/mol. The van der Waals surface area contributed by atoms with Gasteiger partial charge in [-0.25, -0.2) is 9.78 Å². The first kappa shape index (κ1) is 10.6. The molecule has 1 aliphatic rings. The van der Waals surface area contributed by atoms with Crippen molar-refractivity contribution in [2.45, 2.75) is 25.8 Å². The van der Waals surface area contributed by atoms with Crippen LogP contribution in [0.1, 0.15) is 34.8 Å². The Morgan fingerprint density at radius 2 is 2.20 bits per heavy atom. The molecule has 0 bridgehead atoms. The van der Waals surface area contributed by atoms with Gasteiger partial charge in [0.25, 0.3) is 0 Å². The third-order valence-corrected chi connectivity index (χ3v) is 3.41. The highest BCUT2D eigenvalue weighted by atomic mass is 32.1. The normalized spacial score (nSPS) is 17.9. The van der Waals surface area contributed by atoms with Crippen LogP contribution in [0.5, 0.6) is 0 Å². The minimum Gasteiger partial charge on any atom is -0.476 e. The zero-order chi connectivity index (χ0) is 10.7. The molecule has 1 aliphatic heterocycles. The molecule has 0 aliphatic carbocycles. The van der Waals surface area contributed by atoms with Crippen LogP contribution >= 0.6 is 11.3 Å².